The summed E-state index contributed by atoms with van der Waals surface area (Å²) in [4.78, 5) is 28.5. The van der Waals surface area contributed by atoms with Crippen LogP contribution in [0.4, 0.5) is 5.69 Å². The van der Waals surface area contributed by atoms with Gasteiger partial charge in [-0.15, -0.1) is 0 Å². The molecule has 208 valence electrons. The highest BCUT2D eigenvalue weighted by atomic mass is 35.5. The molecule has 0 aliphatic carbocycles. The van der Waals surface area contributed by atoms with E-state index in [1.54, 1.807) is 30.3 Å². The Labute approximate surface area is 240 Å². The van der Waals surface area contributed by atoms with Gasteiger partial charge in [-0.2, -0.15) is 0 Å². The standard InChI is InChI=1S/C29H33Cl2N3O4S/c1-20(2)22-11-14-25(15-12-22)34(39(4,37)38)19-28(35)33(18-23-10-13-24(30)17-26(23)31)27(29(36)32-3)16-21-8-6-5-7-9-21/h5-15,17,20,27H,16,18-19H2,1-4H3,(H,32,36)/t27-/m1/s1. The number of nitrogens with zero attached hydrogens (tertiary/aromatic N) is 2. The van der Waals surface area contributed by atoms with Crippen LogP contribution in [0, 0.1) is 0 Å². The van der Waals surface area contributed by atoms with Crippen molar-refractivity contribution in [2.45, 2.75) is 38.8 Å². The molecule has 3 aromatic rings. The summed E-state index contributed by atoms with van der Waals surface area (Å²) in [6, 6.07) is 20.3. The summed E-state index contributed by atoms with van der Waals surface area (Å²) in [5, 5.41) is 3.41. The molecule has 10 heteroatoms. The highest BCUT2D eigenvalue weighted by Crippen LogP contribution is 2.26. The van der Waals surface area contributed by atoms with Crippen LogP contribution in [0.3, 0.4) is 0 Å². The van der Waals surface area contributed by atoms with Crippen LogP contribution in [0.2, 0.25) is 10.0 Å². The monoisotopic (exact) mass is 589 g/mol. The van der Waals surface area contributed by atoms with Crippen molar-refractivity contribution >= 4 is 50.7 Å². The number of carbonyl (C=O) groups is 2. The SMILES string of the molecule is CNC(=O)[C@@H](Cc1ccccc1)N(Cc1ccc(Cl)cc1Cl)C(=O)CN(c1ccc(C(C)C)cc1)S(C)(=O)=O. The van der Waals surface area contributed by atoms with Crippen molar-refractivity contribution in [2.24, 2.45) is 0 Å². The molecular formula is C29H33Cl2N3O4S. The van der Waals surface area contributed by atoms with E-state index in [9.17, 15) is 18.0 Å². The van der Waals surface area contributed by atoms with E-state index in [1.807, 2.05) is 56.3 Å². The molecule has 3 rings (SSSR count). The van der Waals surface area contributed by atoms with Gasteiger partial charge < -0.3 is 10.2 Å². The van der Waals surface area contributed by atoms with Gasteiger partial charge in [-0.05, 0) is 46.9 Å². The van der Waals surface area contributed by atoms with Gasteiger partial charge in [0.05, 0.1) is 11.9 Å². The maximum Gasteiger partial charge on any atom is 0.244 e. The van der Waals surface area contributed by atoms with Crippen LogP contribution in [0.15, 0.2) is 72.8 Å². The quantitative estimate of drug-likeness (QED) is 0.330. The van der Waals surface area contributed by atoms with Crippen molar-refractivity contribution in [3.63, 3.8) is 0 Å². The van der Waals surface area contributed by atoms with Gasteiger partial charge >= 0.3 is 0 Å². The van der Waals surface area contributed by atoms with Gasteiger partial charge in [-0.25, -0.2) is 8.42 Å². The molecule has 1 N–H and O–H groups in total. The maximum absolute atomic E-state index is 14.0. The normalized spacial score (nSPS) is 12.2. The molecule has 39 heavy (non-hydrogen) atoms. The van der Waals surface area contributed by atoms with Crippen molar-refractivity contribution in [1.82, 2.24) is 10.2 Å². The Bertz CT molecular complexity index is 1400. The Morgan fingerprint density at radius 1 is 0.949 bits per heavy atom. The van der Waals surface area contributed by atoms with Gasteiger partial charge in [0.15, 0.2) is 0 Å². The van der Waals surface area contributed by atoms with E-state index in [0.717, 1.165) is 21.7 Å². The lowest BCUT2D eigenvalue weighted by molar-refractivity contribution is -0.139. The number of halogens is 2. The number of benzene rings is 3. The average molecular weight is 591 g/mol. The minimum Gasteiger partial charge on any atom is -0.357 e. The molecule has 7 nitrogen and oxygen atoms in total. The fourth-order valence-corrected chi connectivity index (χ4v) is 5.51. The highest BCUT2D eigenvalue weighted by molar-refractivity contribution is 7.92. The van der Waals surface area contributed by atoms with Gasteiger partial charge in [-0.1, -0.05) is 85.6 Å². The van der Waals surface area contributed by atoms with Crippen molar-refractivity contribution in [1.29, 1.82) is 0 Å². The lowest BCUT2D eigenvalue weighted by Crippen LogP contribution is -2.52. The van der Waals surface area contributed by atoms with Crippen LogP contribution in [0.1, 0.15) is 36.5 Å². The third kappa shape index (κ3) is 8.21. The van der Waals surface area contributed by atoms with E-state index in [-0.39, 0.29) is 24.8 Å². The van der Waals surface area contributed by atoms with E-state index in [4.69, 9.17) is 23.2 Å². The van der Waals surface area contributed by atoms with Gasteiger partial charge in [-0.3, -0.25) is 13.9 Å². The second kappa shape index (κ2) is 13.3. The van der Waals surface area contributed by atoms with Crippen LogP contribution >= 0.6 is 23.2 Å². The molecule has 0 fully saturated rings. The Kier molecular flexibility index (Phi) is 10.4. The molecule has 0 unspecified atom stereocenters. The molecule has 1 atom stereocenters. The van der Waals surface area contributed by atoms with E-state index < -0.39 is 28.5 Å². The first-order chi connectivity index (χ1) is 18.4. The number of rotatable bonds is 11. The van der Waals surface area contributed by atoms with Gasteiger partial charge in [0, 0.05) is 30.1 Å². The summed E-state index contributed by atoms with van der Waals surface area (Å²) in [6.07, 6.45) is 1.27. The smallest absolute Gasteiger partial charge is 0.244 e. The zero-order chi connectivity index (χ0) is 28.7. The molecule has 0 aliphatic rings. The summed E-state index contributed by atoms with van der Waals surface area (Å²) in [7, 11) is -2.34. The summed E-state index contributed by atoms with van der Waals surface area (Å²) in [5.74, 6) is -0.674. The number of likely N-dealkylation sites (N-methyl/N-ethyl adjacent to an activating group) is 1. The second-order valence-corrected chi connectivity index (χ2v) is 12.3. The van der Waals surface area contributed by atoms with E-state index >= 15 is 0 Å². The minimum absolute atomic E-state index is 0.0242. The molecule has 0 aromatic heterocycles. The summed E-state index contributed by atoms with van der Waals surface area (Å²) in [5.41, 5.74) is 2.82. The van der Waals surface area contributed by atoms with Crippen molar-refractivity contribution in [2.75, 3.05) is 24.2 Å². The molecule has 0 bridgehead atoms. The number of hydrogen-bond donors (Lipinski definition) is 1. The Balaban J connectivity index is 2.04. The predicted octanol–water partition coefficient (Wildman–Crippen LogP) is 5.27. The first-order valence-electron chi connectivity index (χ1n) is 12.5. The number of hydrogen-bond acceptors (Lipinski definition) is 4. The first kappa shape index (κ1) is 30.5. The first-order valence-corrected chi connectivity index (χ1v) is 15.1. The Hall–Kier alpha value is -3.07. The maximum atomic E-state index is 14.0. The number of anilines is 1. The summed E-state index contributed by atoms with van der Waals surface area (Å²) in [6.45, 7) is 3.56. The molecular weight excluding hydrogens is 557 g/mol. The molecule has 0 radical (unpaired) electrons. The van der Waals surface area contributed by atoms with E-state index in [0.29, 0.717) is 21.3 Å². The average Bonchev–Trinajstić information content (AvgIpc) is 2.89. The van der Waals surface area contributed by atoms with Crippen LogP contribution in [-0.2, 0) is 32.6 Å². The Morgan fingerprint density at radius 3 is 2.13 bits per heavy atom. The molecule has 0 aliphatic heterocycles. The second-order valence-electron chi connectivity index (χ2n) is 9.59. The van der Waals surface area contributed by atoms with E-state index in [2.05, 4.69) is 5.32 Å². The fourth-order valence-electron chi connectivity index (χ4n) is 4.19. The van der Waals surface area contributed by atoms with E-state index in [1.165, 1.54) is 11.9 Å². The lowest BCUT2D eigenvalue weighted by Gasteiger charge is -2.33. The topological polar surface area (TPSA) is 86.8 Å². The summed E-state index contributed by atoms with van der Waals surface area (Å²) >= 11 is 12.5. The Morgan fingerprint density at radius 2 is 1.59 bits per heavy atom. The van der Waals surface area contributed by atoms with Crippen molar-refractivity contribution < 1.29 is 18.0 Å². The van der Waals surface area contributed by atoms with Crippen LogP contribution in [0.25, 0.3) is 0 Å². The minimum atomic E-state index is -3.83. The molecule has 0 saturated heterocycles. The number of nitrogens with one attached hydrogen (secondary N) is 1. The lowest BCUT2D eigenvalue weighted by atomic mass is 10.0. The number of carbonyl (C=O) groups excluding carboxylic acids is 2. The molecule has 3 aromatic carbocycles. The van der Waals surface area contributed by atoms with Gasteiger partial charge in [0.25, 0.3) is 0 Å². The molecule has 2 amide bonds. The third-order valence-electron chi connectivity index (χ3n) is 6.40. The zero-order valence-corrected chi connectivity index (χ0v) is 24.7. The molecule has 0 spiro atoms. The summed E-state index contributed by atoms with van der Waals surface area (Å²) < 4.78 is 26.8. The number of amides is 2. The van der Waals surface area contributed by atoms with Crippen LogP contribution in [-0.4, -0.2) is 51.0 Å². The van der Waals surface area contributed by atoms with Gasteiger partial charge in [0.1, 0.15) is 12.6 Å². The predicted molar refractivity (Wildman–Crippen MR) is 158 cm³/mol. The van der Waals surface area contributed by atoms with Crippen molar-refractivity contribution in [3.05, 3.63) is 99.5 Å². The zero-order valence-electron chi connectivity index (χ0n) is 22.4. The largest absolute Gasteiger partial charge is 0.357 e. The van der Waals surface area contributed by atoms with Crippen LogP contribution in [0.5, 0.6) is 0 Å². The molecule has 0 heterocycles. The highest BCUT2D eigenvalue weighted by Gasteiger charge is 2.33. The third-order valence-corrected chi connectivity index (χ3v) is 8.13. The van der Waals surface area contributed by atoms with Crippen molar-refractivity contribution in [3.8, 4) is 0 Å². The van der Waals surface area contributed by atoms with Gasteiger partial charge in [0.2, 0.25) is 21.8 Å². The van der Waals surface area contributed by atoms with Crippen LogP contribution < -0.4 is 9.62 Å². The number of sulfonamides is 1. The molecule has 0 saturated carbocycles. The fraction of sp³-hybridized carbons (Fsp3) is 0.310.